The van der Waals surface area contributed by atoms with Gasteiger partial charge >= 0.3 is 0 Å². The molecule has 0 saturated carbocycles. The van der Waals surface area contributed by atoms with Crippen LogP contribution in [-0.4, -0.2) is 40.2 Å². The molecule has 2 aromatic rings. The molecule has 5 nitrogen and oxygen atoms in total. The van der Waals surface area contributed by atoms with Crippen molar-refractivity contribution in [3.63, 3.8) is 0 Å². The normalized spacial score (nSPS) is 24.1. The zero-order valence-corrected chi connectivity index (χ0v) is 11.9. The zero-order chi connectivity index (χ0) is 14.1. The van der Waals surface area contributed by atoms with Gasteiger partial charge in [-0.3, -0.25) is 4.90 Å². The Morgan fingerprint density at radius 1 is 1.20 bits per heavy atom. The van der Waals surface area contributed by atoms with Crippen LogP contribution in [0, 0.1) is 0 Å². The van der Waals surface area contributed by atoms with Crippen molar-refractivity contribution in [3.05, 3.63) is 30.1 Å². The molecule has 2 atom stereocenters. The molecule has 1 fully saturated rings. The summed E-state index contributed by atoms with van der Waals surface area (Å²) in [5.41, 5.74) is 6.93. The van der Waals surface area contributed by atoms with Crippen LogP contribution in [0.3, 0.4) is 0 Å². The number of nitrogens with zero attached hydrogens (tertiary/aromatic N) is 3. The van der Waals surface area contributed by atoms with Crippen LogP contribution in [-0.2, 0) is 11.3 Å². The fraction of sp³-hybridized carbons (Fsp3) is 0.467. The van der Waals surface area contributed by atoms with Crippen LogP contribution in [0.4, 0.5) is 5.82 Å². The minimum absolute atomic E-state index is 0.247. The van der Waals surface area contributed by atoms with Gasteiger partial charge in [-0.1, -0.05) is 12.1 Å². The Morgan fingerprint density at radius 2 is 1.90 bits per heavy atom. The summed E-state index contributed by atoms with van der Waals surface area (Å²) in [5.74, 6) is 1.34. The highest BCUT2D eigenvalue weighted by atomic mass is 16.5. The quantitative estimate of drug-likeness (QED) is 0.903. The number of hydrogen-bond acceptors (Lipinski definition) is 5. The third kappa shape index (κ3) is 2.73. The highest BCUT2D eigenvalue weighted by Gasteiger charge is 2.23. The van der Waals surface area contributed by atoms with E-state index in [0.29, 0.717) is 12.4 Å². The van der Waals surface area contributed by atoms with Crippen molar-refractivity contribution in [1.29, 1.82) is 0 Å². The first kappa shape index (κ1) is 13.3. The summed E-state index contributed by atoms with van der Waals surface area (Å²) < 4.78 is 5.74. The van der Waals surface area contributed by atoms with Gasteiger partial charge in [0.25, 0.3) is 0 Å². The van der Waals surface area contributed by atoms with Crippen molar-refractivity contribution in [1.82, 2.24) is 14.9 Å². The average Bonchev–Trinajstić information content (AvgIpc) is 2.37. The Balaban J connectivity index is 1.84. The Morgan fingerprint density at radius 3 is 2.65 bits per heavy atom. The van der Waals surface area contributed by atoms with E-state index in [4.69, 9.17) is 10.5 Å². The summed E-state index contributed by atoms with van der Waals surface area (Å²) in [6.07, 6.45) is 0.494. The first-order valence-electron chi connectivity index (χ1n) is 7.01. The van der Waals surface area contributed by atoms with Gasteiger partial charge in [0, 0.05) is 18.5 Å². The second-order valence-electron chi connectivity index (χ2n) is 5.49. The number of morpholine rings is 1. The van der Waals surface area contributed by atoms with Gasteiger partial charge in [0.05, 0.1) is 24.3 Å². The van der Waals surface area contributed by atoms with Crippen LogP contribution in [0.2, 0.25) is 0 Å². The molecule has 5 heteroatoms. The van der Waals surface area contributed by atoms with E-state index in [0.717, 1.165) is 29.8 Å². The molecule has 0 radical (unpaired) electrons. The number of fused-ring (bicyclic) bond motifs is 1. The van der Waals surface area contributed by atoms with E-state index >= 15 is 0 Å². The highest BCUT2D eigenvalue weighted by Crippen LogP contribution is 2.19. The summed E-state index contributed by atoms with van der Waals surface area (Å²) >= 11 is 0. The van der Waals surface area contributed by atoms with Gasteiger partial charge in [0.1, 0.15) is 11.6 Å². The van der Waals surface area contributed by atoms with Crippen LogP contribution in [0.25, 0.3) is 10.9 Å². The molecule has 2 N–H and O–H groups in total. The molecule has 1 aliphatic heterocycles. The van der Waals surface area contributed by atoms with Gasteiger partial charge in [0.2, 0.25) is 0 Å². The van der Waals surface area contributed by atoms with E-state index in [-0.39, 0.29) is 12.2 Å². The predicted octanol–water partition coefficient (Wildman–Crippen LogP) is 1.82. The maximum atomic E-state index is 6.02. The molecule has 0 aliphatic carbocycles. The Kier molecular flexibility index (Phi) is 3.54. The van der Waals surface area contributed by atoms with Crippen LogP contribution in [0.1, 0.15) is 19.7 Å². The van der Waals surface area contributed by atoms with E-state index in [9.17, 15) is 0 Å². The standard InChI is InChI=1S/C15H20N4O/c1-10-7-19(8-11(2)20-10)9-14-17-13-6-4-3-5-12(13)15(16)18-14/h3-6,10-11H,7-9H2,1-2H3,(H2,16,17,18). The summed E-state index contributed by atoms with van der Waals surface area (Å²) in [5, 5.41) is 0.917. The third-order valence-corrected chi connectivity index (χ3v) is 3.54. The van der Waals surface area contributed by atoms with Crippen LogP contribution in [0.15, 0.2) is 24.3 Å². The van der Waals surface area contributed by atoms with E-state index < -0.39 is 0 Å². The van der Waals surface area contributed by atoms with E-state index in [1.54, 1.807) is 0 Å². The van der Waals surface area contributed by atoms with Crippen molar-refractivity contribution in [2.75, 3.05) is 18.8 Å². The second-order valence-corrected chi connectivity index (χ2v) is 5.49. The fourth-order valence-corrected chi connectivity index (χ4v) is 2.84. The summed E-state index contributed by atoms with van der Waals surface area (Å²) in [7, 11) is 0. The van der Waals surface area contributed by atoms with Crippen molar-refractivity contribution in [2.45, 2.75) is 32.6 Å². The van der Waals surface area contributed by atoms with Crippen molar-refractivity contribution >= 4 is 16.7 Å². The van der Waals surface area contributed by atoms with Gasteiger partial charge in [0.15, 0.2) is 0 Å². The van der Waals surface area contributed by atoms with Crippen molar-refractivity contribution in [3.8, 4) is 0 Å². The smallest absolute Gasteiger partial charge is 0.145 e. The van der Waals surface area contributed by atoms with E-state index in [1.165, 1.54) is 0 Å². The fourth-order valence-electron chi connectivity index (χ4n) is 2.84. The largest absolute Gasteiger partial charge is 0.383 e. The van der Waals surface area contributed by atoms with Crippen LogP contribution >= 0.6 is 0 Å². The first-order valence-corrected chi connectivity index (χ1v) is 7.01. The lowest BCUT2D eigenvalue weighted by Crippen LogP contribution is -2.45. The molecule has 106 valence electrons. The molecular formula is C15H20N4O. The number of anilines is 1. The first-order chi connectivity index (χ1) is 9.61. The molecule has 2 heterocycles. The predicted molar refractivity (Wildman–Crippen MR) is 79.2 cm³/mol. The summed E-state index contributed by atoms with van der Waals surface area (Å²) in [6, 6.07) is 7.85. The van der Waals surface area contributed by atoms with E-state index in [1.807, 2.05) is 24.3 Å². The molecule has 1 aliphatic rings. The molecule has 20 heavy (non-hydrogen) atoms. The number of aromatic nitrogens is 2. The topological polar surface area (TPSA) is 64.3 Å². The molecule has 3 rings (SSSR count). The Hall–Kier alpha value is -1.72. The number of benzene rings is 1. The molecule has 0 spiro atoms. The lowest BCUT2D eigenvalue weighted by atomic mass is 10.2. The van der Waals surface area contributed by atoms with Gasteiger partial charge in [-0.05, 0) is 26.0 Å². The molecular weight excluding hydrogens is 252 g/mol. The highest BCUT2D eigenvalue weighted by molar-refractivity contribution is 5.87. The van der Waals surface area contributed by atoms with Crippen molar-refractivity contribution < 1.29 is 4.74 Å². The number of hydrogen-bond donors (Lipinski definition) is 1. The molecule has 0 bridgehead atoms. The molecule has 1 saturated heterocycles. The number of rotatable bonds is 2. The lowest BCUT2D eigenvalue weighted by Gasteiger charge is -2.34. The molecule has 1 aromatic carbocycles. The van der Waals surface area contributed by atoms with Crippen LogP contribution < -0.4 is 5.73 Å². The molecule has 0 amide bonds. The van der Waals surface area contributed by atoms with Gasteiger partial charge in [-0.25, -0.2) is 9.97 Å². The maximum absolute atomic E-state index is 6.02. The van der Waals surface area contributed by atoms with Crippen LogP contribution in [0.5, 0.6) is 0 Å². The minimum atomic E-state index is 0.247. The van der Waals surface area contributed by atoms with Gasteiger partial charge in [-0.15, -0.1) is 0 Å². The number of nitrogens with two attached hydrogens (primary N) is 1. The number of para-hydroxylation sites is 1. The molecule has 1 aromatic heterocycles. The van der Waals surface area contributed by atoms with Crippen molar-refractivity contribution in [2.24, 2.45) is 0 Å². The maximum Gasteiger partial charge on any atom is 0.145 e. The second kappa shape index (κ2) is 5.34. The van der Waals surface area contributed by atoms with Gasteiger partial charge < -0.3 is 10.5 Å². The zero-order valence-electron chi connectivity index (χ0n) is 11.9. The van der Waals surface area contributed by atoms with Gasteiger partial charge in [-0.2, -0.15) is 0 Å². The Bertz CT molecular complexity index is 606. The Labute approximate surface area is 118 Å². The SMILES string of the molecule is CC1CN(Cc2nc(N)c3ccccc3n2)CC(C)O1. The number of nitrogen functional groups attached to an aromatic ring is 1. The summed E-state index contributed by atoms with van der Waals surface area (Å²) in [4.78, 5) is 11.4. The third-order valence-electron chi connectivity index (χ3n) is 3.54. The number of ether oxygens (including phenoxy) is 1. The summed E-state index contributed by atoms with van der Waals surface area (Å²) in [6.45, 7) is 6.71. The monoisotopic (exact) mass is 272 g/mol. The minimum Gasteiger partial charge on any atom is -0.383 e. The average molecular weight is 272 g/mol. The molecule has 2 unspecified atom stereocenters. The van der Waals surface area contributed by atoms with E-state index in [2.05, 4.69) is 28.7 Å². The lowest BCUT2D eigenvalue weighted by molar-refractivity contribution is -0.0710.